The predicted octanol–water partition coefficient (Wildman–Crippen LogP) is 4.62. The van der Waals surface area contributed by atoms with Crippen LogP contribution in [-0.2, 0) is 10.0 Å². The normalized spacial score (nSPS) is 13.0. The average molecular weight is 519 g/mol. The van der Waals surface area contributed by atoms with E-state index in [0.29, 0.717) is 45.0 Å². The molecular weight excluding hydrogens is 484 g/mol. The van der Waals surface area contributed by atoms with Crippen molar-refractivity contribution < 1.29 is 8.42 Å². The largest absolute Gasteiger partial charge is 0.308 e. The molecule has 1 aromatic heterocycles. The molecule has 0 aliphatic carbocycles. The second kappa shape index (κ2) is 10.6. The number of sulfonamides is 1. The Morgan fingerprint density at radius 3 is 2.11 bits per heavy atom. The highest BCUT2D eigenvalue weighted by atomic mass is 32.2. The maximum absolute atomic E-state index is 14.3. The van der Waals surface area contributed by atoms with E-state index >= 15 is 0 Å². The maximum atomic E-state index is 14.3. The lowest BCUT2D eigenvalue weighted by Gasteiger charge is -2.31. The molecule has 0 saturated heterocycles. The Labute approximate surface area is 219 Å². The van der Waals surface area contributed by atoms with E-state index in [0.717, 1.165) is 5.56 Å². The van der Waals surface area contributed by atoms with Crippen LogP contribution in [0.4, 0.5) is 0 Å². The molecule has 0 saturated carbocycles. The Kier molecular flexibility index (Phi) is 7.64. The molecule has 3 aromatic carbocycles. The van der Waals surface area contributed by atoms with Gasteiger partial charge >= 0.3 is 0 Å². The van der Waals surface area contributed by atoms with Crippen LogP contribution in [0.1, 0.15) is 35.5 Å². The Hall–Kier alpha value is -3.33. The summed E-state index contributed by atoms with van der Waals surface area (Å²) in [5, 5.41) is 0.482. The topological polar surface area (TPSA) is 75.5 Å². The minimum atomic E-state index is -3.94. The van der Waals surface area contributed by atoms with Gasteiger partial charge in [-0.2, -0.15) is 4.31 Å². The van der Waals surface area contributed by atoms with Crippen LogP contribution < -0.4 is 5.56 Å². The molecule has 0 bridgehead atoms. The predicted molar refractivity (Wildman–Crippen MR) is 149 cm³/mol. The minimum Gasteiger partial charge on any atom is -0.308 e. The number of benzene rings is 3. The van der Waals surface area contributed by atoms with E-state index in [1.165, 1.54) is 4.31 Å². The third-order valence-electron chi connectivity index (χ3n) is 6.56. The number of hydrogen-bond acceptors (Lipinski definition) is 5. The van der Waals surface area contributed by atoms with Gasteiger partial charge in [-0.15, -0.1) is 0 Å². The molecule has 1 unspecified atom stereocenters. The molecule has 0 fully saturated rings. The smallest absolute Gasteiger partial charge is 0.266 e. The highest BCUT2D eigenvalue weighted by molar-refractivity contribution is 7.89. The lowest BCUT2D eigenvalue weighted by Crippen LogP contribution is -2.41. The van der Waals surface area contributed by atoms with Crippen molar-refractivity contribution in [1.82, 2.24) is 18.8 Å². The van der Waals surface area contributed by atoms with Crippen molar-refractivity contribution in [2.45, 2.75) is 38.6 Å². The maximum Gasteiger partial charge on any atom is 0.266 e. The van der Waals surface area contributed by atoms with E-state index in [9.17, 15) is 13.2 Å². The highest BCUT2D eigenvalue weighted by Gasteiger charge is 2.35. The van der Waals surface area contributed by atoms with E-state index in [1.54, 1.807) is 22.8 Å². The number of hydrogen-bond donors (Lipinski definition) is 0. The molecule has 194 valence electrons. The summed E-state index contributed by atoms with van der Waals surface area (Å²) in [5.74, 6) is 0.375. The summed E-state index contributed by atoms with van der Waals surface area (Å²) in [6, 6.07) is 19.5. The van der Waals surface area contributed by atoms with Crippen molar-refractivity contribution in [2.75, 3.05) is 27.2 Å². The summed E-state index contributed by atoms with van der Waals surface area (Å²) in [6.07, 6.45) is 0. The number of rotatable bonds is 8. The molecule has 1 heterocycles. The zero-order valence-electron chi connectivity index (χ0n) is 22.3. The highest BCUT2D eigenvalue weighted by Crippen LogP contribution is 2.32. The summed E-state index contributed by atoms with van der Waals surface area (Å²) in [6.45, 7) is 8.17. The Morgan fingerprint density at radius 1 is 0.892 bits per heavy atom. The molecule has 1 atom stereocenters. The van der Waals surface area contributed by atoms with Crippen molar-refractivity contribution in [3.8, 4) is 5.69 Å². The van der Waals surface area contributed by atoms with Crippen LogP contribution in [0.5, 0.6) is 0 Å². The van der Waals surface area contributed by atoms with Crippen LogP contribution in [0.3, 0.4) is 0 Å². The molecule has 37 heavy (non-hydrogen) atoms. The molecule has 8 heteroatoms. The fourth-order valence-electron chi connectivity index (χ4n) is 4.90. The number of aryl methyl sites for hydroxylation is 3. The summed E-state index contributed by atoms with van der Waals surface area (Å²) in [4.78, 5) is 20.9. The third-order valence-corrected chi connectivity index (χ3v) is 8.84. The zero-order valence-corrected chi connectivity index (χ0v) is 23.1. The Balaban J connectivity index is 1.98. The fourth-order valence-corrected chi connectivity index (χ4v) is 6.90. The van der Waals surface area contributed by atoms with Gasteiger partial charge in [0.2, 0.25) is 10.0 Å². The van der Waals surface area contributed by atoms with E-state index < -0.39 is 16.1 Å². The van der Waals surface area contributed by atoms with E-state index in [4.69, 9.17) is 4.98 Å². The Morgan fingerprint density at radius 2 is 1.49 bits per heavy atom. The van der Waals surface area contributed by atoms with Gasteiger partial charge in [-0.3, -0.25) is 9.36 Å². The van der Waals surface area contributed by atoms with Gasteiger partial charge in [-0.05, 0) is 77.2 Å². The lowest BCUT2D eigenvalue weighted by atomic mass is 10.1. The molecule has 0 aliphatic heterocycles. The number of aromatic nitrogens is 2. The summed E-state index contributed by atoms with van der Waals surface area (Å²) < 4.78 is 31.6. The molecule has 7 nitrogen and oxygen atoms in total. The molecule has 0 amide bonds. The van der Waals surface area contributed by atoms with Gasteiger partial charge in [0.15, 0.2) is 0 Å². The molecule has 0 aliphatic rings. The molecule has 0 N–H and O–H groups in total. The molecular formula is C29H34N4O3S. The van der Waals surface area contributed by atoms with Crippen LogP contribution in [0, 0.1) is 20.8 Å². The minimum absolute atomic E-state index is 0.230. The van der Waals surface area contributed by atoms with Crippen molar-refractivity contribution in [3.05, 3.63) is 99.6 Å². The van der Waals surface area contributed by atoms with E-state index in [2.05, 4.69) is 0 Å². The number of likely N-dealkylation sites (N-methyl/N-ethyl adjacent to an activating group) is 1. The second-order valence-electron chi connectivity index (χ2n) is 9.79. The molecule has 4 aromatic rings. The van der Waals surface area contributed by atoms with Gasteiger partial charge in [0.1, 0.15) is 5.82 Å². The lowest BCUT2D eigenvalue weighted by molar-refractivity contribution is 0.284. The first kappa shape index (κ1) is 26.7. The van der Waals surface area contributed by atoms with Crippen molar-refractivity contribution in [3.63, 3.8) is 0 Å². The molecule has 0 radical (unpaired) electrons. The summed E-state index contributed by atoms with van der Waals surface area (Å²) >= 11 is 0. The first-order valence-electron chi connectivity index (χ1n) is 12.3. The quantitative estimate of drug-likeness (QED) is 0.340. The van der Waals surface area contributed by atoms with Gasteiger partial charge in [0.05, 0.1) is 27.5 Å². The number of fused-ring (bicyclic) bond motifs is 1. The van der Waals surface area contributed by atoms with Crippen LogP contribution in [0.25, 0.3) is 16.6 Å². The van der Waals surface area contributed by atoms with Crippen LogP contribution in [0.2, 0.25) is 0 Å². The van der Waals surface area contributed by atoms with Crippen LogP contribution >= 0.6 is 0 Å². The van der Waals surface area contributed by atoms with E-state index in [1.807, 2.05) is 95.2 Å². The summed E-state index contributed by atoms with van der Waals surface area (Å²) in [5.41, 5.74) is 3.36. The van der Waals surface area contributed by atoms with Crippen molar-refractivity contribution in [2.24, 2.45) is 0 Å². The van der Waals surface area contributed by atoms with Crippen molar-refractivity contribution in [1.29, 1.82) is 0 Å². The SMILES string of the molecule is Cc1cc(C)c(S(=O)(=O)N(CCN(C)C)C(C)c2nc3ccccc3c(=O)n2-c2ccccc2)c(C)c1. The first-order chi connectivity index (χ1) is 17.5. The van der Waals surface area contributed by atoms with Gasteiger partial charge in [0, 0.05) is 13.1 Å². The fraction of sp³-hybridized carbons (Fsp3) is 0.310. The second-order valence-corrected chi connectivity index (χ2v) is 11.6. The van der Waals surface area contributed by atoms with Crippen molar-refractivity contribution >= 4 is 20.9 Å². The monoisotopic (exact) mass is 518 g/mol. The third kappa shape index (κ3) is 5.23. The van der Waals surface area contributed by atoms with Crippen LogP contribution in [-0.4, -0.2) is 54.4 Å². The van der Waals surface area contributed by atoms with Gasteiger partial charge in [-0.25, -0.2) is 13.4 Å². The molecule has 0 spiro atoms. The van der Waals surface area contributed by atoms with Gasteiger partial charge in [-0.1, -0.05) is 48.0 Å². The first-order valence-corrected chi connectivity index (χ1v) is 13.8. The number of nitrogens with zero attached hydrogens (tertiary/aromatic N) is 4. The zero-order chi connectivity index (χ0) is 26.9. The summed E-state index contributed by atoms with van der Waals surface area (Å²) in [7, 11) is -0.119. The van der Waals surface area contributed by atoms with Crippen LogP contribution in [0.15, 0.2) is 76.4 Å². The standard InChI is InChI=1S/C29H34N4O3S/c1-20-18-21(2)27(22(3)19-20)37(35,36)32(17-16-31(5)6)23(4)28-30-26-15-11-10-14-25(26)29(34)33(28)24-12-8-7-9-13-24/h7-15,18-19,23H,16-17H2,1-6H3. The van der Waals surface area contributed by atoms with Gasteiger partial charge in [0.25, 0.3) is 5.56 Å². The number of para-hydroxylation sites is 2. The average Bonchev–Trinajstić information content (AvgIpc) is 2.83. The van der Waals surface area contributed by atoms with E-state index in [-0.39, 0.29) is 12.1 Å². The molecule has 4 rings (SSSR count). The van der Waals surface area contributed by atoms with Gasteiger partial charge < -0.3 is 4.90 Å². The Bertz CT molecular complexity index is 1570.